The quantitative estimate of drug-likeness (QED) is 0.530. The van der Waals surface area contributed by atoms with Crippen LogP contribution in [0.4, 0.5) is 11.4 Å². The van der Waals surface area contributed by atoms with Crippen molar-refractivity contribution in [2.45, 2.75) is 6.54 Å². The van der Waals surface area contributed by atoms with Gasteiger partial charge in [-0.25, -0.2) is 0 Å². The molecule has 2 aromatic carbocycles. The molecular weight excluding hydrogens is 388 g/mol. The number of nitrogens with zero attached hydrogens (tertiary/aromatic N) is 2. The van der Waals surface area contributed by atoms with Gasteiger partial charge in [0.05, 0.1) is 6.54 Å². The topological polar surface area (TPSA) is 84.1 Å². The zero-order chi connectivity index (χ0) is 20.3. The molecule has 3 heterocycles. The van der Waals surface area contributed by atoms with E-state index in [9.17, 15) is 9.59 Å². The fourth-order valence-electron chi connectivity index (χ4n) is 4.09. The van der Waals surface area contributed by atoms with E-state index in [-0.39, 0.29) is 11.3 Å². The van der Waals surface area contributed by atoms with Gasteiger partial charge >= 0.3 is 0 Å². The maximum Gasteiger partial charge on any atom is 0.274 e. The molecule has 144 valence electrons. The molecule has 1 amide bonds. The normalized spacial score (nSPS) is 12.7. The number of nitrogens with one attached hydrogen (secondary N) is 1. The van der Waals surface area contributed by atoms with Gasteiger partial charge in [0, 0.05) is 51.7 Å². The number of amides is 1. The van der Waals surface area contributed by atoms with E-state index in [2.05, 4.69) is 9.88 Å². The molecule has 29 heavy (non-hydrogen) atoms. The molecule has 0 fully saturated rings. The average Bonchev–Trinajstić information content (AvgIpc) is 3.03. The van der Waals surface area contributed by atoms with Gasteiger partial charge in [-0.3, -0.25) is 9.59 Å². The third-order valence-electron chi connectivity index (χ3n) is 5.42. The third kappa shape index (κ3) is 2.57. The largest absolute Gasteiger partial charge is 0.364 e. The first-order chi connectivity index (χ1) is 14.0. The first-order valence-electron chi connectivity index (χ1n) is 9.12. The van der Waals surface area contributed by atoms with Gasteiger partial charge in [0.1, 0.15) is 11.2 Å². The number of pyridine rings is 1. The summed E-state index contributed by atoms with van der Waals surface area (Å²) >= 11 is 6.08. The number of carbonyl (C=O) groups is 1. The zero-order valence-electron chi connectivity index (χ0n) is 15.6. The van der Waals surface area contributed by atoms with Gasteiger partial charge in [-0.2, -0.15) is 0 Å². The predicted octanol–water partition coefficient (Wildman–Crippen LogP) is 3.94. The lowest BCUT2D eigenvalue weighted by atomic mass is 10.0. The van der Waals surface area contributed by atoms with Crippen LogP contribution >= 0.6 is 11.6 Å². The second kappa shape index (κ2) is 6.25. The summed E-state index contributed by atoms with van der Waals surface area (Å²) in [6.45, 7) is 0.386. The van der Waals surface area contributed by atoms with Crippen LogP contribution in [-0.4, -0.2) is 15.5 Å². The molecular formula is C22H17ClN4O2. The molecule has 0 aliphatic carbocycles. The van der Waals surface area contributed by atoms with Crippen LogP contribution in [0, 0.1) is 0 Å². The maximum atomic E-state index is 12.8. The molecule has 2 aromatic heterocycles. The second-order valence-electron chi connectivity index (χ2n) is 7.13. The molecule has 1 aliphatic rings. The highest BCUT2D eigenvalue weighted by atomic mass is 35.5. The van der Waals surface area contributed by atoms with E-state index in [4.69, 9.17) is 17.3 Å². The standard InChI is InChI=1S/C22H17ClN4O2/c1-26-10-15-14-4-2-3-5-17(14)27(13-8-6-12(23)7-9-13)11-16-18(15)20(22(26)29)25-19(16)21(24)28/h2-10,25H,11H2,1H3,(H2,24,28). The summed E-state index contributed by atoms with van der Waals surface area (Å²) in [4.78, 5) is 30.1. The number of carbonyl (C=O) groups excluding carboxylic acids is 1. The van der Waals surface area contributed by atoms with Gasteiger partial charge in [0.25, 0.3) is 11.5 Å². The van der Waals surface area contributed by atoms with Crippen LogP contribution in [0.3, 0.4) is 0 Å². The van der Waals surface area contributed by atoms with E-state index in [0.29, 0.717) is 22.6 Å². The molecule has 5 rings (SSSR count). The van der Waals surface area contributed by atoms with Crippen LogP contribution in [0.25, 0.3) is 22.0 Å². The van der Waals surface area contributed by atoms with Crippen molar-refractivity contribution < 1.29 is 4.79 Å². The van der Waals surface area contributed by atoms with Crippen molar-refractivity contribution >= 4 is 39.8 Å². The predicted molar refractivity (Wildman–Crippen MR) is 115 cm³/mol. The van der Waals surface area contributed by atoms with E-state index in [0.717, 1.165) is 27.9 Å². The van der Waals surface area contributed by atoms with Crippen LogP contribution in [0.15, 0.2) is 59.5 Å². The Morgan fingerprint density at radius 3 is 2.55 bits per heavy atom. The minimum Gasteiger partial charge on any atom is -0.364 e. The Labute approximate surface area is 171 Å². The highest BCUT2D eigenvalue weighted by Crippen LogP contribution is 2.44. The monoisotopic (exact) mass is 404 g/mol. The van der Waals surface area contributed by atoms with E-state index in [1.807, 2.05) is 54.7 Å². The van der Waals surface area contributed by atoms with E-state index >= 15 is 0 Å². The molecule has 0 saturated carbocycles. The number of primary amides is 1. The number of fused-ring (bicyclic) bond motifs is 2. The number of hydrogen-bond acceptors (Lipinski definition) is 3. The Morgan fingerprint density at radius 1 is 1.10 bits per heavy atom. The number of nitrogens with two attached hydrogens (primary N) is 1. The van der Waals surface area contributed by atoms with Gasteiger partial charge in [-0.1, -0.05) is 29.8 Å². The number of aryl methyl sites for hydroxylation is 1. The minimum atomic E-state index is -0.591. The summed E-state index contributed by atoms with van der Waals surface area (Å²) < 4.78 is 1.53. The summed E-state index contributed by atoms with van der Waals surface area (Å²) in [5.74, 6) is -0.591. The number of rotatable bonds is 2. The lowest BCUT2D eigenvalue weighted by Gasteiger charge is -2.26. The Hall–Kier alpha value is -3.51. The lowest BCUT2D eigenvalue weighted by molar-refractivity contribution is 0.0995. The second-order valence-corrected chi connectivity index (χ2v) is 7.57. The summed E-state index contributed by atoms with van der Waals surface area (Å²) in [7, 11) is 1.70. The number of benzene rings is 2. The highest BCUT2D eigenvalue weighted by Gasteiger charge is 2.29. The molecule has 6 nitrogen and oxygen atoms in total. The third-order valence-corrected chi connectivity index (χ3v) is 5.67. The van der Waals surface area contributed by atoms with Crippen molar-refractivity contribution in [3.8, 4) is 11.1 Å². The Kier molecular flexibility index (Phi) is 3.79. The fourth-order valence-corrected chi connectivity index (χ4v) is 4.22. The number of halogens is 1. The van der Waals surface area contributed by atoms with Gasteiger partial charge in [-0.05, 0) is 30.3 Å². The smallest absolute Gasteiger partial charge is 0.274 e. The van der Waals surface area contributed by atoms with Gasteiger partial charge in [0.2, 0.25) is 0 Å². The molecule has 0 unspecified atom stereocenters. The van der Waals surface area contributed by atoms with Crippen molar-refractivity contribution in [1.29, 1.82) is 0 Å². The van der Waals surface area contributed by atoms with E-state index < -0.39 is 5.91 Å². The van der Waals surface area contributed by atoms with Gasteiger partial charge in [0.15, 0.2) is 0 Å². The molecule has 4 aromatic rings. The molecule has 0 spiro atoms. The fraction of sp³-hybridized carbons (Fsp3) is 0.0909. The van der Waals surface area contributed by atoms with Gasteiger partial charge < -0.3 is 20.2 Å². The zero-order valence-corrected chi connectivity index (χ0v) is 16.3. The van der Waals surface area contributed by atoms with E-state index in [1.165, 1.54) is 4.57 Å². The lowest BCUT2D eigenvalue weighted by Crippen LogP contribution is -2.20. The summed E-state index contributed by atoms with van der Waals surface area (Å²) in [5.41, 5.74) is 10.6. The minimum absolute atomic E-state index is 0.199. The summed E-state index contributed by atoms with van der Waals surface area (Å²) in [6, 6.07) is 15.5. The first kappa shape index (κ1) is 17.6. The van der Waals surface area contributed by atoms with Gasteiger partial charge in [-0.15, -0.1) is 0 Å². The van der Waals surface area contributed by atoms with Crippen molar-refractivity contribution in [3.63, 3.8) is 0 Å². The van der Waals surface area contributed by atoms with Crippen LogP contribution in [0.2, 0.25) is 5.02 Å². The summed E-state index contributed by atoms with van der Waals surface area (Å²) in [6.07, 6.45) is 1.82. The Morgan fingerprint density at radius 2 is 1.83 bits per heavy atom. The first-order valence-corrected chi connectivity index (χ1v) is 9.50. The molecule has 0 radical (unpaired) electrons. The number of hydrogen-bond donors (Lipinski definition) is 2. The molecule has 0 bridgehead atoms. The number of aromatic nitrogens is 2. The van der Waals surface area contributed by atoms with Crippen LogP contribution in [-0.2, 0) is 13.6 Å². The molecule has 7 heteroatoms. The Bertz CT molecular complexity index is 1350. The number of anilines is 2. The van der Waals surface area contributed by atoms with Crippen molar-refractivity contribution in [1.82, 2.24) is 9.55 Å². The molecule has 0 atom stereocenters. The van der Waals surface area contributed by atoms with E-state index in [1.54, 1.807) is 7.05 Å². The van der Waals surface area contributed by atoms with Crippen molar-refractivity contribution in [3.05, 3.63) is 81.4 Å². The Balaban J connectivity index is 1.90. The molecule has 1 aliphatic heterocycles. The van der Waals surface area contributed by atoms with Crippen LogP contribution in [0.5, 0.6) is 0 Å². The number of H-pyrrole nitrogens is 1. The SMILES string of the molecule is Cn1cc2c3c(c(C(N)=O)[nH]c3c1=O)CN(c1ccc(Cl)cc1)c1ccccc1-2. The average molecular weight is 405 g/mol. The highest BCUT2D eigenvalue weighted by molar-refractivity contribution is 6.30. The van der Waals surface area contributed by atoms with Crippen LogP contribution in [0.1, 0.15) is 16.1 Å². The van der Waals surface area contributed by atoms with Crippen LogP contribution < -0.4 is 16.2 Å². The number of para-hydroxylation sites is 1. The van der Waals surface area contributed by atoms with Crippen molar-refractivity contribution in [2.75, 3.05) is 4.90 Å². The maximum absolute atomic E-state index is 12.8. The van der Waals surface area contributed by atoms with Crippen molar-refractivity contribution in [2.24, 2.45) is 12.8 Å². The molecule has 3 N–H and O–H groups in total. The molecule has 0 saturated heterocycles. The summed E-state index contributed by atoms with van der Waals surface area (Å²) in [5, 5.41) is 1.39. The number of aromatic amines is 1.